The molecule has 3 aromatic carbocycles. The van der Waals surface area contributed by atoms with E-state index in [1.165, 1.54) is 40.2 Å². The maximum atomic E-state index is 13.3. The van der Waals surface area contributed by atoms with Gasteiger partial charge in [-0.2, -0.15) is 0 Å². The molecule has 4 aromatic rings. The Balaban J connectivity index is 1.60. The van der Waals surface area contributed by atoms with Crippen molar-refractivity contribution in [3.8, 4) is 5.75 Å². The fourth-order valence-electron chi connectivity index (χ4n) is 3.24. The molecule has 0 aliphatic carbocycles. The van der Waals surface area contributed by atoms with E-state index in [0.29, 0.717) is 27.2 Å². The third-order valence-corrected chi connectivity index (χ3v) is 6.93. The number of hydrogen-bond acceptors (Lipinski definition) is 6. The Bertz CT molecular complexity index is 1290. The predicted octanol–water partition coefficient (Wildman–Crippen LogP) is 6.80. The standard InChI is InChI=1S/C27H25N3O2S2/c1-18-10-12-23(13-11-18)34-24-16-28-27(33-17-20-7-4-6-19(2)14-20)30-25(24)26(31)29-21-8-5-9-22(15-21)32-3/h4-16H,17H2,1-3H3,(H,29,31). The van der Waals surface area contributed by atoms with Crippen molar-refractivity contribution < 1.29 is 9.53 Å². The summed E-state index contributed by atoms with van der Waals surface area (Å²) < 4.78 is 5.27. The van der Waals surface area contributed by atoms with Crippen LogP contribution in [0.2, 0.25) is 0 Å². The number of aryl methyl sites for hydroxylation is 2. The summed E-state index contributed by atoms with van der Waals surface area (Å²) in [6, 6.07) is 23.8. The van der Waals surface area contributed by atoms with Crippen molar-refractivity contribution in [2.75, 3.05) is 12.4 Å². The van der Waals surface area contributed by atoms with E-state index in [0.717, 1.165) is 10.6 Å². The summed E-state index contributed by atoms with van der Waals surface area (Å²) in [6.45, 7) is 4.12. The number of hydrogen-bond donors (Lipinski definition) is 1. The van der Waals surface area contributed by atoms with E-state index >= 15 is 0 Å². The van der Waals surface area contributed by atoms with Gasteiger partial charge in [0.1, 0.15) is 11.4 Å². The number of ether oxygens (including phenoxy) is 1. The molecule has 5 nitrogen and oxygen atoms in total. The first-order valence-electron chi connectivity index (χ1n) is 10.8. The predicted molar refractivity (Wildman–Crippen MR) is 139 cm³/mol. The minimum atomic E-state index is -0.289. The summed E-state index contributed by atoms with van der Waals surface area (Å²) >= 11 is 2.99. The highest BCUT2D eigenvalue weighted by atomic mass is 32.2. The maximum Gasteiger partial charge on any atom is 0.275 e. The number of rotatable bonds is 8. The van der Waals surface area contributed by atoms with Crippen molar-refractivity contribution in [3.05, 3.63) is 101 Å². The Morgan fingerprint density at radius 1 is 0.971 bits per heavy atom. The summed E-state index contributed by atoms with van der Waals surface area (Å²) in [5.74, 6) is 1.11. The zero-order chi connectivity index (χ0) is 23.9. The minimum Gasteiger partial charge on any atom is -0.497 e. The molecule has 0 unspecified atom stereocenters. The van der Waals surface area contributed by atoms with Crippen LogP contribution < -0.4 is 10.1 Å². The van der Waals surface area contributed by atoms with Gasteiger partial charge in [-0.05, 0) is 43.7 Å². The van der Waals surface area contributed by atoms with Gasteiger partial charge in [0.2, 0.25) is 0 Å². The molecule has 4 rings (SSSR count). The number of amides is 1. The minimum absolute atomic E-state index is 0.289. The van der Waals surface area contributed by atoms with Gasteiger partial charge in [0, 0.05) is 28.6 Å². The van der Waals surface area contributed by atoms with E-state index in [-0.39, 0.29) is 5.91 Å². The third-order valence-electron chi connectivity index (χ3n) is 4.97. The number of thioether (sulfide) groups is 1. The lowest BCUT2D eigenvalue weighted by Crippen LogP contribution is -2.16. The Morgan fingerprint density at radius 2 is 1.76 bits per heavy atom. The van der Waals surface area contributed by atoms with Crippen LogP contribution in [0.25, 0.3) is 0 Å². The average molecular weight is 488 g/mol. The van der Waals surface area contributed by atoms with Crippen molar-refractivity contribution in [1.82, 2.24) is 9.97 Å². The van der Waals surface area contributed by atoms with Crippen molar-refractivity contribution in [2.45, 2.75) is 34.5 Å². The van der Waals surface area contributed by atoms with Crippen LogP contribution in [0, 0.1) is 13.8 Å². The second-order valence-corrected chi connectivity index (χ2v) is 9.80. The zero-order valence-electron chi connectivity index (χ0n) is 19.2. The van der Waals surface area contributed by atoms with E-state index in [2.05, 4.69) is 40.4 Å². The molecule has 1 aromatic heterocycles. The maximum absolute atomic E-state index is 13.3. The summed E-state index contributed by atoms with van der Waals surface area (Å²) in [4.78, 5) is 24.2. The normalized spacial score (nSPS) is 10.7. The molecule has 34 heavy (non-hydrogen) atoms. The second kappa shape index (κ2) is 11.2. The molecular formula is C27H25N3O2S2. The lowest BCUT2D eigenvalue weighted by atomic mass is 10.2. The summed E-state index contributed by atoms with van der Waals surface area (Å²) in [6.07, 6.45) is 1.73. The zero-order valence-corrected chi connectivity index (χ0v) is 20.9. The molecular weight excluding hydrogens is 462 g/mol. The van der Waals surface area contributed by atoms with Crippen LogP contribution in [0.4, 0.5) is 5.69 Å². The quantitative estimate of drug-likeness (QED) is 0.218. The fourth-order valence-corrected chi connectivity index (χ4v) is 4.86. The molecule has 1 N–H and O–H groups in total. The van der Waals surface area contributed by atoms with Crippen LogP contribution in [0.1, 0.15) is 27.2 Å². The van der Waals surface area contributed by atoms with Crippen molar-refractivity contribution in [3.63, 3.8) is 0 Å². The Labute approximate surface area is 208 Å². The number of anilines is 1. The van der Waals surface area contributed by atoms with Crippen molar-refractivity contribution >= 4 is 35.1 Å². The van der Waals surface area contributed by atoms with E-state index < -0.39 is 0 Å². The van der Waals surface area contributed by atoms with Crippen LogP contribution in [-0.4, -0.2) is 23.0 Å². The molecule has 0 fully saturated rings. The second-order valence-electron chi connectivity index (χ2n) is 7.74. The van der Waals surface area contributed by atoms with Gasteiger partial charge in [-0.1, -0.05) is 77.1 Å². The topological polar surface area (TPSA) is 64.1 Å². The summed E-state index contributed by atoms with van der Waals surface area (Å²) in [7, 11) is 1.60. The highest BCUT2D eigenvalue weighted by Gasteiger charge is 2.18. The van der Waals surface area contributed by atoms with Gasteiger partial charge in [0.25, 0.3) is 5.91 Å². The van der Waals surface area contributed by atoms with Gasteiger partial charge < -0.3 is 10.1 Å². The lowest BCUT2D eigenvalue weighted by molar-refractivity contribution is 0.101. The van der Waals surface area contributed by atoms with Gasteiger partial charge in [-0.3, -0.25) is 4.79 Å². The summed E-state index contributed by atoms with van der Waals surface area (Å²) in [5, 5.41) is 3.51. The van der Waals surface area contributed by atoms with Crippen LogP contribution in [0.5, 0.6) is 5.75 Å². The molecule has 0 saturated carbocycles. The highest BCUT2D eigenvalue weighted by molar-refractivity contribution is 7.99. The van der Waals surface area contributed by atoms with Gasteiger partial charge in [0.05, 0.1) is 12.0 Å². The van der Waals surface area contributed by atoms with Crippen LogP contribution in [-0.2, 0) is 5.75 Å². The van der Waals surface area contributed by atoms with Gasteiger partial charge in [-0.25, -0.2) is 9.97 Å². The van der Waals surface area contributed by atoms with Crippen LogP contribution in [0.3, 0.4) is 0 Å². The van der Waals surface area contributed by atoms with Gasteiger partial charge >= 0.3 is 0 Å². The number of aromatic nitrogens is 2. The number of carbonyl (C=O) groups is 1. The molecule has 1 heterocycles. The van der Waals surface area contributed by atoms with Crippen molar-refractivity contribution in [2.24, 2.45) is 0 Å². The van der Waals surface area contributed by atoms with Crippen LogP contribution in [0.15, 0.2) is 93.9 Å². The smallest absolute Gasteiger partial charge is 0.275 e. The molecule has 0 radical (unpaired) electrons. The fraction of sp³-hybridized carbons (Fsp3) is 0.148. The first-order valence-corrected chi connectivity index (χ1v) is 12.6. The molecule has 1 amide bonds. The van der Waals surface area contributed by atoms with E-state index in [1.54, 1.807) is 19.4 Å². The Morgan fingerprint density at radius 3 is 2.53 bits per heavy atom. The lowest BCUT2D eigenvalue weighted by Gasteiger charge is -2.11. The molecule has 0 atom stereocenters. The molecule has 0 aliphatic rings. The van der Waals surface area contributed by atoms with E-state index in [4.69, 9.17) is 4.74 Å². The Hall–Kier alpha value is -3.29. The largest absolute Gasteiger partial charge is 0.497 e. The molecule has 7 heteroatoms. The van der Waals surface area contributed by atoms with E-state index in [9.17, 15) is 4.79 Å². The number of benzene rings is 3. The van der Waals surface area contributed by atoms with Gasteiger partial charge in [0.15, 0.2) is 5.16 Å². The first-order chi connectivity index (χ1) is 16.5. The first kappa shape index (κ1) is 23.9. The molecule has 0 saturated heterocycles. The Kier molecular flexibility index (Phi) is 7.87. The average Bonchev–Trinajstić information content (AvgIpc) is 2.85. The number of nitrogens with zero attached hydrogens (tertiary/aromatic N) is 2. The molecule has 0 bridgehead atoms. The van der Waals surface area contributed by atoms with E-state index in [1.807, 2.05) is 55.5 Å². The monoisotopic (exact) mass is 487 g/mol. The SMILES string of the molecule is COc1cccc(NC(=O)c2nc(SCc3cccc(C)c3)ncc2Sc2ccc(C)cc2)c1. The highest BCUT2D eigenvalue weighted by Crippen LogP contribution is 2.32. The molecule has 0 aliphatic heterocycles. The molecule has 0 spiro atoms. The number of carbonyl (C=O) groups excluding carboxylic acids is 1. The summed E-state index contributed by atoms with van der Waals surface area (Å²) in [5.41, 5.74) is 4.56. The number of nitrogens with one attached hydrogen (secondary N) is 1. The van der Waals surface area contributed by atoms with Crippen LogP contribution >= 0.6 is 23.5 Å². The molecule has 172 valence electrons. The van der Waals surface area contributed by atoms with Gasteiger partial charge in [-0.15, -0.1) is 0 Å². The third kappa shape index (κ3) is 6.40. The number of methoxy groups -OCH3 is 1. The van der Waals surface area contributed by atoms with Crippen molar-refractivity contribution in [1.29, 1.82) is 0 Å².